The Labute approximate surface area is 92.5 Å². The number of aromatic nitrogens is 1. The highest BCUT2D eigenvalue weighted by atomic mass is 127. The lowest BCUT2D eigenvalue weighted by molar-refractivity contribution is 0.933. The first-order valence-corrected chi connectivity index (χ1v) is 5.72. The van der Waals surface area contributed by atoms with E-state index < -0.39 is 0 Å². The molecule has 1 saturated heterocycles. The molecule has 0 unspecified atom stereocenters. The van der Waals surface area contributed by atoms with Gasteiger partial charge < -0.3 is 4.90 Å². The molecule has 1 aromatic rings. The molecule has 1 aromatic heterocycles. The molecule has 0 radical (unpaired) electrons. The van der Waals surface area contributed by atoms with E-state index in [1.54, 1.807) is 0 Å². The lowest BCUT2D eigenvalue weighted by Crippen LogP contribution is -2.19. The van der Waals surface area contributed by atoms with Crippen molar-refractivity contribution in [2.45, 2.75) is 19.8 Å². The lowest BCUT2D eigenvalue weighted by Gasteiger charge is -2.16. The minimum atomic E-state index is 1.15. The molecule has 0 amide bonds. The van der Waals surface area contributed by atoms with Crippen LogP contribution in [0.5, 0.6) is 0 Å². The summed E-state index contributed by atoms with van der Waals surface area (Å²) in [5.41, 5.74) is 1.33. The highest BCUT2D eigenvalue weighted by Gasteiger charge is 2.13. The average molecular weight is 288 g/mol. The van der Waals surface area contributed by atoms with Crippen LogP contribution >= 0.6 is 22.6 Å². The van der Waals surface area contributed by atoms with E-state index in [2.05, 4.69) is 45.5 Å². The lowest BCUT2D eigenvalue weighted by atomic mass is 10.3. The van der Waals surface area contributed by atoms with Crippen molar-refractivity contribution in [2.75, 3.05) is 18.0 Å². The molecule has 70 valence electrons. The van der Waals surface area contributed by atoms with Crippen molar-refractivity contribution in [1.29, 1.82) is 0 Å². The third-order valence-electron chi connectivity index (χ3n) is 2.46. The maximum Gasteiger partial charge on any atom is 0.128 e. The highest BCUT2D eigenvalue weighted by Crippen LogP contribution is 2.20. The van der Waals surface area contributed by atoms with E-state index in [1.165, 1.54) is 35.1 Å². The van der Waals surface area contributed by atoms with Crippen LogP contribution in [0.15, 0.2) is 12.3 Å². The molecule has 1 fully saturated rings. The fraction of sp³-hybridized carbons (Fsp3) is 0.500. The summed E-state index contributed by atoms with van der Waals surface area (Å²) >= 11 is 2.32. The molecule has 2 nitrogen and oxygen atoms in total. The average Bonchev–Trinajstić information content (AvgIpc) is 2.62. The second-order valence-corrected chi connectivity index (χ2v) is 4.65. The summed E-state index contributed by atoms with van der Waals surface area (Å²) in [7, 11) is 0. The van der Waals surface area contributed by atoms with Gasteiger partial charge in [0.05, 0.1) is 0 Å². The minimum Gasteiger partial charge on any atom is -0.357 e. The van der Waals surface area contributed by atoms with Crippen molar-refractivity contribution in [2.24, 2.45) is 0 Å². The summed E-state index contributed by atoms with van der Waals surface area (Å²) < 4.78 is 1.25. The van der Waals surface area contributed by atoms with Crippen molar-refractivity contribution >= 4 is 28.4 Å². The first-order valence-electron chi connectivity index (χ1n) is 4.64. The van der Waals surface area contributed by atoms with Crippen LogP contribution in [0.4, 0.5) is 5.82 Å². The smallest absolute Gasteiger partial charge is 0.128 e. The van der Waals surface area contributed by atoms with Crippen LogP contribution in [0.2, 0.25) is 0 Å². The summed E-state index contributed by atoms with van der Waals surface area (Å²) in [6.45, 7) is 4.49. The molecule has 3 heteroatoms. The number of aryl methyl sites for hydroxylation is 1. The first kappa shape index (κ1) is 9.24. The van der Waals surface area contributed by atoms with Gasteiger partial charge in [0.1, 0.15) is 5.82 Å². The van der Waals surface area contributed by atoms with Gasteiger partial charge >= 0.3 is 0 Å². The molecule has 0 N–H and O–H groups in total. The van der Waals surface area contributed by atoms with Gasteiger partial charge in [-0.25, -0.2) is 4.98 Å². The van der Waals surface area contributed by atoms with E-state index in [-0.39, 0.29) is 0 Å². The minimum absolute atomic E-state index is 1.15. The maximum atomic E-state index is 4.44. The Hall–Kier alpha value is -0.320. The number of nitrogens with zero attached hydrogens (tertiary/aromatic N) is 2. The van der Waals surface area contributed by atoms with Gasteiger partial charge in [0.25, 0.3) is 0 Å². The largest absolute Gasteiger partial charge is 0.357 e. The van der Waals surface area contributed by atoms with Gasteiger partial charge in [-0.2, -0.15) is 0 Å². The van der Waals surface area contributed by atoms with E-state index in [1.807, 2.05) is 6.20 Å². The van der Waals surface area contributed by atoms with E-state index in [0.29, 0.717) is 0 Å². The van der Waals surface area contributed by atoms with Crippen molar-refractivity contribution in [1.82, 2.24) is 4.98 Å². The molecule has 0 spiro atoms. The fourth-order valence-corrected chi connectivity index (χ4v) is 1.94. The van der Waals surface area contributed by atoms with Crippen LogP contribution in [-0.4, -0.2) is 18.1 Å². The molecule has 0 saturated carbocycles. The van der Waals surface area contributed by atoms with Crippen molar-refractivity contribution in [3.63, 3.8) is 0 Å². The van der Waals surface area contributed by atoms with Crippen LogP contribution in [-0.2, 0) is 0 Å². The number of pyridine rings is 1. The Bertz CT molecular complexity index is 306. The van der Waals surface area contributed by atoms with Gasteiger partial charge in [0, 0.05) is 22.9 Å². The summed E-state index contributed by atoms with van der Waals surface area (Å²) in [6, 6.07) is 2.19. The van der Waals surface area contributed by atoms with Crippen LogP contribution in [0.1, 0.15) is 18.4 Å². The number of halogens is 1. The van der Waals surface area contributed by atoms with Gasteiger partial charge in [0.15, 0.2) is 0 Å². The quantitative estimate of drug-likeness (QED) is 0.738. The summed E-state index contributed by atoms with van der Waals surface area (Å²) in [5, 5.41) is 0. The van der Waals surface area contributed by atoms with Crippen LogP contribution in [0.3, 0.4) is 0 Å². The van der Waals surface area contributed by atoms with Crippen molar-refractivity contribution in [3.8, 4) is 0 Å². The Morgan fingerprint density at radius 2 is 2.08 bits per heavy atom. The molecule has 1 aliphatic heterocycles. The zero-order chi connectivity index (χ0) is 9.26. The predicted molar refractivity (Wildman–Crippen MR) is 63.1 cm³/mol. The second kappa shape index (κ2) is 3.82. The second-order valence-electron chi connectivity index (χ2n) is 3.49. The molecule has 0 aliphatic carbocycles. The predicted octanol–water partition coefficient (Wildman–Crippen LogP) is 2.59. The number of anilines is 1. The van der Waals surface area contributed by atoms with E-state index in [9.17, 15) is 0 Å². The highest BCUT2D eigenvalue weighted by molar-refractivity contribution is 14.1. The first-order chi connectivity index (χ1) is 6.27. The zero-order valence-electron chi connectivity index (χ0n) is 7.76. The van der Waals surface area contributed by atoms with E-state index in [0.717, 1.165) is 5.82 Å². The van der Waals surface area contributed by atoms with Crippen LogP contribution in [0.25, 0.3) is 0 Å². The Morgan fingerprint density at radius 3 is 2.69 bits per heavy atom. The molecule has 13 heavy (non-hydrogen) atoms. The van der Waals surface area contributed by atoms with E-state index in [4.69, 9.17) is 0 Å². The molecular formula is C10H13IN2. The Kier molecular flexibility index (Phi) is 2.71. The molecule has 2 heterocycles. The molecule has 0 bridgehead atoms. The molecular weight excluding hydrogens is 275 g/mol. The summed E-state index contributed by atoms with van der Waals surface area (Å²) in [4.78, 5) is 6.80. The number of hydrogen-bond acceptors (Lipinski definition) is 2. The maximum absolute atomic E-state index is 4.44. The molecule has 0 atom stereocenters. The monoisotopic (exact) mass is 288 g/mol. The summed E-state index contributed by atoms with van der Waals surface area (Å²) in [6.07, 6.45) is 4.59. The van der Waals surface area contributed by atoms with Gasteiger partial charge in [-0.15, -0.1) is 0 Å². The third kappa shape index (κ3) is 1.95. The molecule has 0 aromatic carbocycles. The standard InChI is InChI=1S/C10H13IN2/c1-8-6-10(12-7-9(8)11)13-4-2-3-5-13/h6-7H,2-5H2,1H3. The van der Waals surface area contributed by atoms with Gasteiger partial charge in [-0.1, -0.05) is 0 Å². The molecule has 1 aliphatic rings. The van der Waals surface area contributed by atoms with Crippen molar-refractivity contribution < 1.29 is 0 Å². The van der Waals surface area contributed by atoms with Crippen LogP contribution in [0, 0.1) is 10.5 Å². The number of hydrogen-bond donors (Lipinski definition) is 0. The third-order valence-corrected chi connectivity index (χ3v) is 3.59. The van der Waals surface area contributed by atoms with Gasteiger partial charge in [0.2, 0.25) is 0 Å². The Morgan fingerprint density at radius 1 is 1.38 bits per heavy atom. The van der Waals surface area contributed by atoms with Gasteiger partial charge in [-0.05, 0) is 54.0 Å². The molecule has 2 rings (SSSR count). The SMILES string of the molecule is Cc1cc(N2CCCC2)ncc1I. The van der Waals surface area contributed by atoms with Crippen LogP contribution < -0.4 is 4.90 Å². The fourth-order valence-electron chi connectivity index (χ4n) is 1.64. The Balaban J connectivity index is 2.25. The summed E-state index contributed by atoms with van der Waals surface area (Å²) in [5.74, 6) is 1.15. The normalized spacial score (nSPS) is 16.6. The van der Waals surface area contributed by atoms with Gasteiger partial charge in [-0.3, -0.25) is 0 Å². The topological polar surface area (TPSA) is 16.1 Å². The van der Waals surface area contributed by atoms with Crippen molar-refractivity contribution in [3.05, 3.63) is 21.4 Å². The number of rotatable bonds is 1. The zero-order valence-corrected chi connectivity index (χ0v) is 9.91. The van der Waals surface area contributed by atoms with E-state index >= 15 is 0 Å².